The first-order valence-electron chi connectivity index (χ1n) is 4.95. The first-order chi connectivity index (χ1) is 7.97. The van der Waals surface area contributed by atoms with Crippen LogP contribution >= 0.6 is 11.3 Å². The maximum atomic E-state index is 11.2. The lowest BCUT2D eigenvalue weighted by Gasteiger charge is -2.04. The van der Waals surface area contributed by atoms with Crippen molar-refractivity contribution in [1.82, 2.24) is 9.71 Å². The molecule has 1 rings (SSSR count). The van der Waals surface area contributed by atoms with Gasteiger partial charge in [-0.1, -0.05) is 0 Å². The first-order valence-corrected chi connectivity index (χ1v) is 7.78. The monoisotopic (exact) mass is 278 g/mol. The maximum absolute atomic E-state index is 11.2. The van der Waals surface area contributed by atoms with E-state index in [9.17, 15) is 13.2 Å². The Kier molecular flexibility index (Phi) is 5.52. The minimum atomic E-state index is -3.22. The average Bonchev–Trinajstić information content (AvgIpc) is 2.73. The quantitative estimate of drug-likeness (QED) is 0.567. The Morgan fingerprint density at radius 2 is 2.35 bits per heavy atom. The molecule has 96 valence electrons. The van der Waals surface area contributed by atoms with E-state index >= 15 is 0 Å². The molecule has 8 heteroatoms. The summed E-state index contributed by atoms with van der Waals surface area (Å²) in [4.78, 5) is 15.3. The SMILES string of the molecule is CS(=O)(=O)NCCOC(=O)CCc1cscn1. The molecule has 1 aromatic heterocycles. The zero-order chi connectivity index (χ0) is 12.7. The number of aromatic nitrogens is 1. The molecule has 1 heterocycles. The third kappa shape index (κ3) is 7.03. The van der Waals surface area contributed by atoms with Gasteiger partial charge in [0.25, 0.3) is 0 Å². The van der Waals surface area contributed by atoms with Gasteiger partial charge in [0, 0.05) is 18.3 Å². The molecule has 0 bridgehead atoms. The second-order valence-electron chi connectivity index (χ2n) is 3.37. The fourth-order valence-corrected chi connectivity index (χ4v) is 2.10. The fraction of sp³-hybridized carbons (Fsp3) is 0.556. The number of ether oxygens (including phenoxy) is 1. The predicted octanol–water partition coefficient (Wildman–Crippen LogP) is 0.168. The second kappa shape index (κ2) is 6.67. The van der Waals surface area contributed by atoms with Gasteiger partial charge in [-0.05, 0) is 0 Å². The molecule has 1 aromatic rings. The van der Waals surface area contributed by atoms with Crippen molar-refractivity contribution in [3.63, 3.8) is 0 Å². The lowest BCUT2D eigenvalue weighted by atomic mass is 10.2. The Bertz CT molecular complexity index is 442. The number of esters is 1. The molecule has 0 aliphatic carbocycles. The highest BCUT2D eigenvalue weighted by atomic mass is 32.2. The van der Waals surface area contributed by atoms with Gasteiger partial charge in [-0.15, -0.1) is 11.3 Å². The van der Waals surface area contributed by atoms with Crippen LogP contribution in [0.1, 0.15) is 12.1 Å². The van der Waals surface area contributed by atoms with Crippen molar-refractivity contribution in [3.8, 4) is 0 Å². The minimum Gasteiger partial charge on any atom is -0.464 e. The standard InChI is InChI=1S/C9H14N2O4S2/c1-17(13,14)11-4-5-15-9(12)3-2-8-6-16-7-10-8/h6-7,11H,2-5H2,1H3. The molecule has 0 saturated carbocycles. The lowest BCUT2D eigenvalue weighted by Crippen LogP contribution is -2.26. The van der Waals surface area contributed by atoms with E-state index in [-0.39, 0.29) is 25.5 Å². The largest absolute Gasteiger partial charge is 0.464 e. The van der Waals surface area contributed by atoms with E-state index in [1.807, 2.05) is 5.38 Å². The van der Waals surface area contributed by atoms with Crippen molar-refractivity contribution >= 4 is 27.3 Å². The van der Waals surface area contributed by atoms with Gasteiger partial charge >= 0.3 is 5.97 Å². The third-order valence-electron chi connectivity index (χ3n) is 1.80. The number of nitrogens with one attached hydrogen (secondary N) is 1. The number of rotatable bonds is 7. The summed E-state index contributed by atoms with van der Waals surface area (Å²) >= 11 is 1.48. The molecule has 0 aromatic carbocycles. The summed E-state index contributed by atoms with van der Waals surface area (Å²) in [6.07, 6.45) is 1.85. The molecule has 0 spiro atoms. The number of carbonyl (C=O) groups is 1. The summed E-state index contributed by atoms with van der Waals surface area (Å²) in [7, 11) is -3.22. The van der Waals surface area contributed by atoms with Crippen LogP contribution in [0.3, 0.4) is 0 Å². The zero-order valence-corrected chi connectivity index (χ0v) is 11.0. The number of hydrogen-bond donors (Lipinski definition) is 1. The van der Waals surface area contributed by atoms with Gasteiger partial charge in [-0.25, -0.2) is 18.1 Å². The summed E-state index contributed by atoms with van der Waals surface area (Å²) in [5.41, 5.74) is 2.57. The van der Waals surface area contributed by atoms with Crippen molar-refractivity contribution in [1.29, 1.82) is 0 Å². The van der Waals surface area contributed by atoms with Crippen molar-refractivity contribution < 1.29 is 17.9 Å². The Morgan fingerprint density at radius 1 is 1.59 bits per heavy atom. The Hall–Kier alpha value is -0.990. The molecule has 0 unspecified atom stereocenters. The number of aryl methyl sites for hydroxylation is 1. The molecule has 0 fully saturated rings. The summed E-state index contributed by atoms with van der Waals surface area (Å²) in [5.74, 6) is -0.353. The van der Waals surface area contributed by atoms with E-state index in [1.54, 1.807) is 5.51 Å². The van der Waals surface area contributed by atoms with Crippen LogP contribution in [-0.4, -0.2) is 38.8 Å². The normalized spacial score (nSPS) is 11.4. The van der Waals surface area contributed by atoms with Crippen LogP contribution in [0.4, 0.5) is 0 Å². The van der Waals surface area contributed by atoms with Gasteiger partial charge in [0.1, 0.15) is 6.61 Å². The smallest absolute Gasteiger partial charge is 0.306 e. The van der Waals surface area contributed by atoms with Crippen LogP contribution in [-0.2, 0) is 26.0 Å². The zero-order valence-electron chi connectivity index (χ0n) is 9.38. The molecule has 1 N–H and O–H groups in total. The topological polar surface area (TPSA) is 85.4 Å². The summed E-state index contributed by atoms with van der Waals surface area (Å²) < 4.78 is 28.5. The number of sulfonamides is 1. The van der Waals surface area contributed by atoms with Crippen LogP contribution < -0.4 is 4.72 Å². The predicted molar refractivity (Wildman–Crippen MR) is 64.2 cm³/mol. The second-order valence-corrected chi connectivity index (χ2v) is 5.92. The average molecular weight is 278 g/mol. The van der Waals surface area contributed by atoms with E-state index in [0.717, 1.165) is 11.9 Å². The molecule has 0 atom stereocenters. The molecule has 17 heavy (non-hydrogen) atoms. The minimum absolute atomic E-state index is 0.0446. The number of hydrogen-bond acceptors (Lipinski definition) is 6. The Labute approximate surface area is 104 Å². The molecule has 6 nitrogen and oxygen atoms in total. The number of carbonyl (C=O) groups excluding carboxylic acids is 1. The van der Waals surface area contributed by atoms with Gasteiger partial charge in [-0.3, -0.25) is 4.79 Å². The molecule has 0 amide bonds. The van der Waals surface area contributed by atoms with E-state index in [2.05, 4.69) is 9.71 Å². The molecule has 0 aliphatic heterocycles. The highest BCUT2D eigenvalue weighted by Gasteiger charge is 2.05. The fourth-order valence-electron chi connectivity index (χ4n) is 1.06. The van der Waals surface area contributed by atoms with Crippen LogP contribution in [0.25, 0.3) is 0 Å². The Balaban J connectivity index is 2.09. The van der Waals surface area contributed by atoms with E-state index in [1.165, 1.54) is 11.3 Å². The van der Waals surface area contributed by atoms with Crippen molar-refractivity contribution in [2.75, 3.05) is 19.4 Å². The third-order valence-corrected chi connectivity index (χ3v) is 3.16. The molecule has 0 aliphatic rings. The van der Waals surface area contributed by atoms with Crippen molar-refractivity contribution in [2.24, 2.45) is 0 Å². The highest BCUT2D eigenvalue weighted by Crippen LogP contribution is 2.04. The van der Waals surface area contributed by atoms with Crippen molar-refractivity contribution in [3.05, 3.63) is 16.6 Å². The Morgan fingerprint density at radius 3 is 2.94 bits per heavy atom. The molecule has 0 saturated heterocycles. The van der Waals surface area contributed by atoms with Crippen LogP contribution in [0.5, 0.6) is 0 Å². The summed E-state index contributed by atoms with van der Waals surface area (Å²) in [6.45, 7) is 0.143. The number of thiazole rings is 1. The maximum Gasteiger partial charge on any atom is 0.306 e. The van der Waals surface area contributed by atoms with E-state index < -0.39 is 10.0 Å². The van der Waals surface area contributed by atoms with E-state index in [0.29, 0.717) is 6.42 Å². The van der Waals surface area contributed by atoms with Crippen molar-refractivity contribution in [2.45, 2.75) is 12.8 Å². The van der Waals surface area contributed by atoms with Gasteiger partial charge in [-0.2, -0.15) is 0 Å². The first kappa shape index (κ1) is 14.1. The van der Waals surface area contributed by atoms with Gasteiger partial charge in [0.05, 0.1) is 23.9 Å². The van der Waals surface area contributed by atoms with E-state index in [4.69, 9.17) is 4.74 Å². The molecular formula is C9H14N2O4S2. The highest BCUT2D eigenvalue weighted by molar-refractivity contribution is 7.88. The molecule has 0 radical (unpaired) electrons. The number of nitrogens with zero attached hydrogens (tertiary/aromatic N) is 1. The van der Waals surface area contributed by atoms with Gasteiger partial charge < -0.3 is 4.74 Å². The summed E-state index contributed by atoms with van der Waals surface area (Å²) in [6, 6.07) is 0. The lowest BCUT2D eigenvalue weighted by molar-refractivity contribution is -0.143. The molecular weight excluding hydrogens is 264 g/mol. The van der Waals surface area contributed by atoms with Gasteiger partial charge in [0.15, 0.2) is 0 Å². The summed E-state index contributed by atoms with van der Waals surface area (Å²) in [5, 5.41) is 1.87. The van der Waals surface area contributed by atoms with Crippen LogP contribution in [0.2, 0.25) is 0 Å². The van der Waals surface area contributed by atoms with Crippen LogP contribution in [0.15, 0.2) is 10.9 Å². The van der Waals surface area contributed by atoms with Crippen LogP contribution in [0, 0.1) is 0 Å². The van der Waals surface area contributed by atoms with Gasteiger partial charge in [0.2, 0.25) is 10.0 Å².